The van der Waals surface area contributed by atoms with Crippen molar-refractivity contribution in [1.29, 1.82) is 0 Å². The fraction of sp³-hybridized carbons (Fsp3) is 0.214. The third kappa shape index (κ3) is 3.51. The Morgan fingerprint density at radius 3 is 2.53 bits per heavy atom. The minimum atomic E-state index is 0.0938. The number of aromatic nitrogens is 1. The number of halogens is 1. The van der Waals surface area contributed by atoms with E-state index >= 15 is 0 Å². The van der Waals surface area contributed by atoms with Crippen molar-refractivity contribution in [3.05, 3.63) is 47.1 Å². The van der Waals surface area contributed by atoms with E-state index in [2.05, 4.69) is 10.3 Å². The lowest BCUT2D eigenvalue weighted by atomic mass is 10.1. The molecule has 1 unspecified atom stereocenters. The molecule has 0 amide bonds. The van der Waals surface area contributed by atoms with Gasteiger partial charge in [-0.1, -0.05) is 23.7 Å². The molecule has 0 spiro atoms. The van der Waals surface area contributed by atoms with E-state index < -0.39 is 0 Å². The predicted octanol–water partition coefficient (Wildman–Crippen LogP) is 3.50. The summed E-state index contributed by atoms with van der Waals surface area (Å²) in [7, 11) is 1.65. The number of methoxy groups -OCH3 is 1. The number of rotatable bonds is 4. The molecule has 2 aromatic rings. The quantitative estimate of drug-likeness (QED) is 0.840. The van der Waals surface area contributed by atoms with Crippen LogP contribution in [0.3, 0.4) is 0 Å². The van der Waals surface area contributed by atoms with Crippen molar-refractivity contribution in [2.45, 2.75) is 13.0 Å². The zero-order chi connectivity index (χ0) is 13.8. The second kappa shape index (κ2) is 5.80. The number of nitrogen functional groups attached to an aromatic ring is 1. The van der Waals surface area contributed by atoms with Crippen LogP contribution in [-0.2, 0) is 0 Å². The average Bonchev–Trinajstić information content (AvgIpc) is 2.37. The van der Waals surface area contributed by atoms with Gasteiger partial charge in [0, 0.05) is 17.8 Å². The number of benzene rings is 1. The molecule has 5 heteroatoms. The van der Waals surface area contributed by atoms with Gasteiger partial charge in [0.25, 0.3) is 0 Å². The van der Waals surface area contributed by atoms with E-state index in [0.717, 1.165) is 11.3 Å². The van der Waals surface area contributed by atoms with Crippen LogP contribution in [0.5, 0.6) is 5.75 Å². The van der Waals surface area contributed by atoms with Gasteiger partial charge in [-0.15, -0.1) is 0 Å². The summed E-state index contributed by atoms with van der Waals surface area (Å²) in [6.07, 6.45) is 0. The van der Waals surface area contributed by atoms with Crippen molar-refractivity contribution in [2.24, 2.45) is 0 Å². The molecule has 100 valence electrons. The van der Waals surface area contributed by atoms with Crippen molar-refractivity contribution < 1.29 is 4.74 Å². The molecule has 0 saturated carbocycles. The summed E-state index contributed by atoms with van der Waals surface area (Å²) in [4.78, 5) is 4.18. The van der Waals surface area contributed by atoms with E-state index in [4.69, 9.17) is 22.1 Å². The zero-order valence-corrected chi connectivity index (χ0v) is 11.6. The van der Waals surface area contributed by atoms with Crippen molar-refractivity contribution >= 4 is 23.1 Å². The molecule has 1 atom stereocenters. The van der Waals surface area contributed by atoms with E-state index in [0.29, 0.717) is 16.7 Å². The lowest BCUT2D eigenvalue weighted by Crippen LogP contribution is -2.08. The third-order valence-corrected chi connectivity index (χ3v) is 2.99. The number of nitrogens with zero attached hydrogens (tertiary/aromatic N) is 1. The van der Waals surface area contributed by atoms with Crippen LogP contribution in [0.25, 0.3) is 0 Å². The molecule has 0 aliphatic carbocycles. The first-order chi connectivity index (χ1) is 9.08. The van der Waals surface area contributed by atoms with Crippen LogP contribution in [0.15, 0.2) is 36.4 Å². The summed E-state index contributed by atoms with van der Waals surface area (Å²) in [5, 5.41) is 3.64. The molecule has 0 fully saturated rings. The number of hydrogen-bond acceptors (Lipinski definition) is 4. The monoisotopic (exact) mass is 277 g/mol. The van der Waals surface area contributed by atoms with E-state index in [1.807, 2.05) is 31.2 Å². The highest BCUT2D eigenvalue weighted by Crippen LogP contribution is 2.23. The van der Waals surface area contributed by atoms with Crippen LogP contribution in [0.2, 0.25) is 5.15 Å². The third-order valence-electron chi connectivity index (χ3n) is 2.80. The second-order valence-electron chi connectivity index (χ2n) is 4.25. The topological polar surface area (TPSA) is 60.2 Å². The zero-order valence-electron chi connectivity index (χ0n) is 10.9. The smallest absolute Gasteiger partial charge is 0.133 e. The van der Waals surface area contributed by atoms with Crippen LogP contribution in [0.1, 0.15) is 18.5 Å². The van der Waals surface area contributed by atoms with Crippen molar-refractivity contribution in [2.75, 3.05) is 18.2 Å². The molecule has 1 aromatic carbocycles. The second-order valence-corrected chi connectivity index (χ2v) is 4.63. The van der Waals surface area contributed by atoms with E-state index in [9.17, 15) is 0 Å². The fourth-order valence-electron chi connectivity index (χ4n) is 1.79. The van der Waals surface area contributed by atoms with E-state index in [1.165, 1.54) is 0 Å². The van der Waals surface area contributed by atoms with Gasteiger partial charge in [0.05, 0.1) is 7.11 Å². The minimum absolute atomic E-state index is 0.0938. The van der Waals surface area contributed by atoms with Crippen LogP contribution >= 0.6 is 11.6 Å². The van der Waals surface area contributed by atoms with Crippen molar-refractivity contribution in [1.82, 2.24) is 4.98 Å². The number of hydrogen-bond donors (Lipinski definition) is 2. The Morgan fingerprint density at radius 1 is 1.26 bits per heavy atom. The number of anilines is 2. The molecule has 3 N–H and O–H groups in total. The highest BCUT2D eigenvalue weighted by molar-refractivity contribution is 6.29. The maximum Gasteiger partial charge on any atom is 0.133 e. The summed E-state index contributed by atoms with van der Waals surface area (Å²) in [5.74, 6) is 1.49. The van der Waals surface area contributed by atoms with Gasteiger partial charge in [0.2, 0.25) is 0 Å². The Bertz CT molecular complexity index is 537. The molecule has 0 radical (unpaired) electrons. The number of ether oxygens (including phenoxy) is 1. The van der Waals surface area contributed by atoms with Gasteiger partial charge in [-0.2, -0.15) is 0 Å². The molecule has 2 rings (SSSR count). The summed E-state index contributed by atoms with van der Waals surface area (Å²) in [6, 6.07) is 11.3. The first-order valence-corrected chi connectivity index (χ1v) is 6.30. The van der Waals surface area contributed by atoms with Crippen molar-refractivity contribution in [3.63, 3.8) is 0 Å². The highest BCUT2D eigenvalue weighted by Gasteiger charge is 2.07. The van der Waals surface area contributed by atoms with Crippen LogP contribution in [-0.4, -0.2) is 12.1 Å². The largest absolute Gasteiger partial charge is 0.497 e. The summed E-state index contributed by atoms with van der Waals surface area (Å²) in [5.41, 5.74) is 7.44. The van der Waals surface area contributed by atoms with E-state index in [-0.39, 0.29) is 6.04 Å². The average molecular weight is 278 g/mol. The van der Waals surface area contributed by atoms with Gasteiger partial charge in [-0.25, -0.2) is 4.98 Å². The normalized spacial score (nSPS) is 11.9. The van der Waals surface area contributed by atoms with E-state index in [1.54, 1.807) is 19.2 Å². The van der Waals surface area contributed by atoms with Gasteiger partial charge < -0.3 is 15.8 Å². The van der Waals surface area contributed by atoms with Gasteiger partial charge in [0.1, 0.15) is 16.7 Å². The van der Waals surface area contributed by atoms with Gasteiger partial charge in [-0.05, 0) is 30.7 Å². The van der Waals surface area contributed by atoms with Crippen LogP contribution < -0.4 is 15.8 Å². The summed E-state index contributed by atoms with van der Waals surface area (Å²) < 4.78 is 5.13. The Labute approximate surface area is 117 Å². The first kappa shape index (κ1) is 13.5. The minimum Gasteiger partial charge on any atom is -0.497 e. The highest BCUT2D eigenvalue weighted by atomic mass is 35.5. The summed E-state index contributed by atoms with van der Waals surface area (Å²) >= 11 is 5.87. The maximum absolute atomic E-state index is 5.87. The summed E-state index contributed by atoms with van der Waals surface area (Å²) in [6.45, 7) is 2.04. The van der Waals surface area contributed by atoms with Gasteiger partial charge in [-0.3, -0.25) is 0 Å². The van der Waals surface area contributed by atoms with Gasteiger partial charge >= 0.3 is 0 Å². The SMILES string of the molecule is COc1ccc(C(C)Nc2cc(N)cc(Cl)n2)cc1. The molecular weight excluding hydrogens is 262 g/mol. The Hall–Kier alpha value is -1.94. The van der Waals surface area contributed by atoms with Crippen LogP contribution in [0.4, 0.5) is 11.5 Å². The first-order valence-electron chi connectivity index (χ1n) is 5.92. The number of nitrogens with two attached hydrogens (primary N) is 1. The predicted molar refractivity (Wildman–Crippen MR) is 78.7 cm³/mol. The Kier molecular flexibility index (Phi) is 4.12. The molecule has 1 aromatic heterocycles. The van der Waals surface area contributed by atoms with Crippen molar-refractivity contribution in [3.8, 4) is 5.75 Å². The Morgan fingerprint density at radius 2 is 1.95 bits per heavy atom. The Balaban J connectivity index is 2.13. The molecule has 0 aliphatic heterocycles. The van der Waals surface area contributed by atoms with Gasteiger partial charge in [0.15, 0.2) is 0 Å². The maximum atomic E-state index is 5.87. The molecule has 1 heterocycles. The standard InChI is InChI=1S/C14H16ClN3O/c1-9(10-3-5-12(19-2)6-4-10)17-14-8-11(16)7-13(15)18-14/h3-9H,1-2H3,(H3,16,17,18). The lowest BCUT2D eigenvalue weighted by molar-refractivity contribution is 0.414. The molecule has 0 bridgehead atoms. The fourth-order valence-corrected chi connectivity index (χ4v) is 2.01. The number of pyridine rings is 1. The molecule has 0 saturated heterocycles. The number of nitrogens with one attached hydrogen (secondary N) is 1. The molecule has 19 heavy (non-hydrogen) atoms. The molecular formula is C14H16ClN3O. The molecule has 0 aliphatic rings. The van der Waals surface area contributed by atoms with Crippen LogP contribution in [0, 0.1) is 0 Å². The molecule has 4 nitrogen and oxygen atoms in total. The lowest BCUT2D eigenvalue weighted by Gasteiger charge is -2.15.